The molecule has 42 heavy (non-hydrogen) atoms. The van der Waals surface area contributed by atoms with E-state index in [1.807, 2.05) is 0 Å². The molecule has 234 valence electrons. The second-order valence-corrected chi connectivity index (χ2v) is 11.6. The number of hydrogen-bond donors (Lipinski definition) is 0. The molecule has 0 aliphatic heterocycles. The van der Waals surface area contributed by atoms with Crippen molar-refractivity contribution in [1.82, 2.24) is 0 Å². The van der Waals surface area contributed by atoms with Crippen LogP contribution in [0.5, 0.6) is 11.5 Å². The number of alkyl halides is 8. The van der Waals surface area contributed by atoms with E-state index in [0.717, 1.165) is 43.7 Å². The van der Waals surface area contributed by atoms with E-state index in [1.54, 1.807) is 0 Å². The Kier molecular flexibility index (Phi) is 9.67. The molecule has 2 nitrogen and oxygen atoms in total. The van der Waals surface area contributed by atoms with Crippen molar-refractivity contribution in [2.75, 3.05) is 7.11 Å². The van der Waals surface area contributed by atoms with Gasteiger partial charge in [-0.05, 0) is 92.0 Å². The topological polar surface area (TPSA) is 18.5 Å². The lowest BCUT2D eigenvalue weighted by Gasteiger charge is -2.38. The molecule has 0 spiro atoms. The van der Waals surface area contributed by atoms with Gasteiger partial charge < -0.3 is 9.47 Å². The fraction of sp³-hybridized carbons (Fsp3) is 0.613. The SMILES string of the molecule is CCCC1CCC(C2CCC(c3ccc(C(F)(F)Oc4ccc(OC)c(C(F)(F)F)c4C(F)(F)F)c(F)c3)CC2)CC1. The highest BCUT2D eigenvalue weighted by molar-refractivity contribution is 5.52. The average molecular weight is 611 g/mol. The Bertz CT molecular complexity index is 1210. The molecule has 0 aromatic heterocycles. The molecular formula is C31H35F9O2. The van der Waals surface area contributed by atoms with Gasteiger partial charge in [-0.25, -0.2) is 4.39 Å². The number of benzene rings is 2. The fourth-order valence-corrected chi connectivity index (χ4v) is 6.88. The Balaban J connectivity index is 1.49. The molecule has 0 radical (unpaired) electrons. The molecular weight excluding hydrogens is 575 g/mol. The average Bonchev–Trinajstić information content (AvgIpc) is 2.92. The smallest absolute Gasteiger partial charge is 0.429 e. The third kappa shape index (κ3) is 7.13. The standard InChI is InChI=1S/C31H35F9O2/c1-3-4-18-5-7-19(8-6-18)20-9-11-21(12-10-20)22-13-14-23(24(32)17-22)31(39,40)42-26-16-15-25(41-2)27(29(33,34)35)28(26)30(36,37)38/h13-21H,3-12H2,1-2H3. The van der Waals surface area contributed by atoms with E-state index in [-0.39, 0.29) is 5.92 Å². The maximum atomic E-state index is 15.0. The molecule has 2 aromatic carbocycles. The van der Waals surface area contributed by atoms with Crippen molar-refractivity contribution in [3.05, 3.63) is 58.4 Å². The molecule has 4 rings (SSSR count). The van der Waals surface area contributed by atoms with Crippen LogP contribution >= 0.6 is 0 Å². The molecule has 0 saturated heterocycles. The molecule has 0 unspecified atom stereocenters. The van der Waals surface area contributed by atoms with Crippen LogP contribution in [0.1, 0.15) is 99.3 Å². The number of methoxy groups -OCH3 is 1. The van der Waals surface area contributed by atoms with Crippen LogP contribution in [0.25, 0.3) is 0 Å². The van der Waals surface area contributed by atoms with E-state index in [4.69, 9.17) is 0 Å². The van der Waals surface area contributed by atoms with Crippen molar-refractivity contribution in [2.45, 2.75) is 95.5 Å². The summed E-state index contributed by atoms with van der Waals surface area (Å²) < 4.78 is 135. The summed E-state index contributed by atoms with van der Waals surface area (Å²) in [7, 11) is 0.710. The van der Waals surface area contributed by atoms with Gasteiger partial charge in [-0.3, -0.25) is 0 Å². The van der Waals surface area contributed by atoms with Gasteiger partial charge in [0.1, 0.15) is 28.4 Å². The van der Waals surface area contributed by atoms with E-state index in [1.165, 1.54) is 44.6 Å². The van der Waals surface area contributed by atoms with Crippen molar-refractivity contribution >= 4 is 0 Å². The molecule has 0 bridgehead atoms. The number of rotatable bonds is 8. The summed E-state index contributed by atoms with van der Waals surface area (Å²) in [4.78, 5) is 0. The summed E-state index contributed by atoms with van der Waals surface area (Å²) >= 11 is 0. The highest BCUT2D eigenvalue weighted by Gasteiger charge is 2.50. The lowest BCUT2D eigenvalue weighted by Crippen LogP contribution is -2.27. The van der Waals surface area contributed by atoms with Gasteiger partial charge >= 0.3 is 18.5 Å². The van der Waals surface area contributed by atoms with E-state index < -0.39 is 52.5 Å². The Morgan fingerprint density at radius 2 is 1.24 bits per heavy atom. The summed E-state index contributed by atoms with van der Waals surface area (Å²) in [6, 6.07) is 3.68. The van der Waals surface area contributed by atoms with Gasteiger partial charge in [0.2, 0.25) is 0 Å². The summed E-state index contributed by atoms with van der Waals surface area (Å²) in [5, 5.41) is 0. The van der Waals surface area contributed by atoms with E-state index in [0.29, 0.717) is 36.6 Å². The van der Waals surface area contributed by atoms with Crippen LogP contribution in [-0.4, -0.2) is 7.11 Å². The molecule has 0 N–H and O–H groups in total. The Morgan fingerprint density at radius 3 is 1.74 bits per heavy atom. The first kappa shape index (κ1) is 32.3. The minimum Gasteiger partial charge on any atom is -0.496 e. The van der Waals surface area contributed by atoms with Gasteiger partial charge in [0, 0.05) is 0 Å². The quantitative estimate of drug-likeness (QED) is 0.277. The van der Waals surface area contributed by atoms with Crippen LogP contribution in [0, 0.1) is 23.6 Å². The molecule has 2 fully saturated rings. The summed E-state index contributed by atoms with van der Waals surface area (Å²) in [5.41, 5.74) is -5.67. The predicted molar refractivity (Wildman–Crippen MR) is 139 cm³/mol. The van der Waals surface area contributed by atoms with E-state index in [2.05, 4.69) is 16.4 Å². The minimum absolute atomic E-state index is 0.0523. The van der Waals surface area contributed by atoms with E-state index >= 15 is 13.2 Å². The summed E-state index contributed by atoms with van der Waals surface area (Å²) in [6.07, 6.45) is -5.20. The maximum Gasteiger partial charge on any atom is 0.429 e. The Morgan fingerprint density at radius 1 is 0.714 bits per heavy atom. The molecule has 0 amide bonds. The predicted octanol–water partition coefficient (Wildman–Crippen LogP) is 10.9. The van der Waals surface area contributed by atoms with Crippen molar-refractivity contribution in [3.63, 3.8) is 0 Å². The zero-order valence-electron chi connectivity index (χ0n) is 23.5. The molecule has 2 aromatic rings. The zero-order valence-corrected chi connectivity index (χ0v) is 23.5. The number of halogens is 9. The van der Waals surface area contributed by atoms with Gasteiger partial charge in [0.15, 0.2) is 0 Å². The largest absolute Gasteiger partial charge is 0.496 e. The van der Waals surface area contributed by atoms with Crippen LogP contribution in [0.4, 0.5) is 39.5 Å². The maximum absolute atomic E-state index is 15.0. The first-order chi connectivity index (χ1) is 19.7. The number of ether oxygens (including phenoxy) is 2. The monoisotopic (exact) mass is 610 g/mol. The Hall–Kier alpha value is -2.59. The van der Waals surface area contributed by atoms with Crippen LogP contribution in [0.2, 0.25) is 0 Å². The minimum atomic E-state index is -5.74. The molecule has 0 heterocycles. The van der Waals surface area contributed by atoms with Gasteiger partial charge in [-0.1, -0.05) is 38.7 Å². The lowest BCUT2D eigenvalue weighted by molar-refractivity contribution is -0.196. The molecule has 0 atom stereocenters. The summed E-state index contributed by atoms with van der Waals surface area (Å²) in [6.45, 7) is 2.20. The third-order valence-corrected chi connectivity index (χ3v) is 8.96. The zero-order chi connectivity index (χ0) is 30.9. The van der Waals surface area contributed by atoms with Crippen molar-refractivity contribution in [3.8, 4) is 11.5 Å². The van der Waals surface area contributed by atoms with Crippen LogP contribution < -0.4 is 9.47 Å². The summed E-state index contributed by atoms with van der Waals surface area (Å²) in [5.74, 6) is -2.42. The van der Waals surface area contributed by atoms with Crippen LogP contribution in [0.3, 0.4) is 0 Å². The van der Waals surface area contributed by atoms with Crippen molar-refractivity contribution in [1.29, 1.82) is 0 Å². The van der Waals surface area contributed by atoms with Crippen LogP contribution in [-0.2, 0) is 18.5 Å². The normalized spacial score (nSPS) is 24.0. The second kappa shape index (κ2) is 12.6. The Labute approximate surface area is 239 Å². The van der Waals surface area contributed by atoms with E-state index in [9.17, 15) is 26.3 Å². The van der Waals surface area contributed by atoms with Gasteiger partial charge in [-0.15, -0.1) is 0 Å². The van der Waals surface area contributed by atoms with Crippen molar-refractivity contribution < 1.29 is 49.0 Å². The second-order valence-electron chi connectivity index (χ2n) is 11.6. The third-order valence-electron chi connectivity index (χ3n) is 8.96. The van der Waals surface area contributed by atoms with Gasteiger partial charge in [0.25, 0.3) is 0 Å². The first-order valence-corrected chi connectivity index (χ1v) is 14.4. The molecule has 2 saturated carbocycles. The lowest BCUT2D eigenvalue weighted by atomic mass is 9.68. The van der Waals surface area contributed by atoms with Gasteiger partial charge in [0.05, 0.1) is 12.7 Å². The highest BCUT2D eigenvalue weighted by Crippen LogP contribution is 2.51. The van der Waals surface area contributed by atoms with Crippen molar-refractivity contribution in [2.24, 2.45) is 17.8 Å². The fourth-order valence-electron chi connectivity index (χ4n) is 6.88. The number of hydrogen-bond acceptors (Lipinski definition) is 2. The molecule has 2 aliphatic rings. The molecule has 2 aliphatic carbocycles. The first-order valence-electron chi connectivity index (χ1n) is 14.4. The van der Waals surface area contributed by atoms with Gasteiger partial charge in [-0.2, -0.15) is 35.1 Å². The molecule has 11 heteroatoms. The van der Waals surface area contributed by atoms with Crippen LogP contribution in [0.15, 0.2) is 30.3 Å². The highest BCUT2D eigenvalue weighted by atomic mass is 19.4.